The van der Waals surface area contributed by atoms with Crippen LogP contribution in [0.4, 0.5) is 0 Å². The number of aromatic nitrogens is 2. The van der Waals surface area contributed by atoms with E-state index in [1.165, 1.54) is 0 Å². The van der Waals surface area contributed by atoms with Gasteiger partial charge in [-0.2, -0.15) is 11.8 Å². The fourth-order valence-corrected chi connectivity index (χ4v) is 5.87. The quantitative estimate of drug-likeness (QED) is 0.280. The molecule has 2 amide bonds. The summed E-state index contributed by atoms with van der Waals surface area (Å²) in [6, 6.07) is 13.7. The maximum absolute atomic E-state index is 13.4. The van der Waals surface area contributed by atoms with Gasteiger partial charge in [-0.05, 0) is 61.5 Å². The van der Waals surface area contributed by atoms with Gasteiger partial charge < -0.3 is 19.9 Å². The van der Waals surface area contributed by atoms with E-state index in [-0.39, 0.29) is 36.9 Å². The zero-order chi connectivity index (χ0) is 29.2. The Hall–Kier alpha value is -3.37. The summed E-state index contributed by atoms with van der Waals surface area (Å²) in [6.07, 6.45) is 7.58. The van der Waals surface area contributed by atoms with Crippen LogP contribution in [-0.2, 0) is 32.1 Å². The Balaban J connectivity index is 1.51. The molecular formula is C31H41N5O4S. The summed E-state index contributed by atoms with van der Waals surface area (Å²) in [7, 11) is 0. The molecule has 0 radical (unpaired) electrons. The van der Waals surface area contributed by atoms with Crippen molar-refractivity contribution in [1.82, 2.24) is 25.1 Å². The summed E-state index contributed by atoms with van der Waals surface area (Å²) in [5.74, 6) is 0.133. The lowest BCUT2D eigenvalue weighted by Gasteiger charge is -2.31. The van der Waals surface area contributed by atoms with Crippen molar-refractivity contribution < 1.29 is 19.1 Å². The topological polar surface area (TPSA) is 108 Å². The van der Waals surface area contributed by atoms with Gasteiger partial charge in [0, 0.05) is 31.9 Å². The molecule has 2 atom stereocenters. The van der Waals surface area contributed by atoms with Crippen LogP contribution in [-0.4, -0.2) is 87.4 Å². The van der Waals surface area contributed by atoms with E-state index in [1.54, 1.807) is 38.1 Å². The van der Waals surface area contributed by atoms with Gasteiger partial charge in [-0.3, -0.25) is 14.5 Å². The molecule has 41 heavy (non-hydrogen) atoms. The largest absolute Gasteiger partial charge is 0.461 e. The fourth-order valence-electron chi connectivity index (χ4n) is 5.39. The Labute approximate surface area is 246 Å². The number of H-pyrrole nitrogens is 1. The van der Waals surface area contributed by atoms with E-state index in [2.05, 4.69) is 44.5 Å². The molecule has 3 aromatic rings. The van der Waals surface area contributed by atoms with Crippen molar-refractivity contribution in [2.45, 2.75) is 64.3 Å². The number of rotatable bonds is 14. The predicted molar refractivity (Wildman–Crippen MR) is 162 cm³/mol. The Bertz CT molecular complexity index is 1290. The van der Waals surface area contributed by atoms with Crippen molar-refractivity contribution in [2.75, 3.05) is 31.6 Å². The number of nitrogens with zero attached hydrogens (tertiary/aromatic N) is 3. The first-order valence-corrected chi connectivity index (χ1v) is 15.7. The highest BCUT2D eigenvalue weighted by atomic mass is 32.2. The van der Waals surface area contributed by atoms with Crippen LogP contribution in [0.1, 0.15) is 44.4 Å². The van der Waals surface area contributed by atoms with E-state index < -0.39 is 12.0 Å². The second-order valence-electron chi connectivity index (χ2n) is 10.8. The van der Waals surface area contributed by atoms with Crippen LogP contribution in [0.5, 0.6) is 0 Å². The minimum atomic E-state index is -0.699. The van der Waals surface area contributed by atoms with Crippen LogP contribution in [0.3, 0.4) is 0 Å². The summed E-state index contributed by atoms with van der Waals surface area (Å²) in [6.45, 7) is 5.50. The standard InChI is InChI=1S/C31H41N5O4S/c1-22(2)40-31(39)28(13-15-41-3)34-29(37)20-35(18-24-10-6-9-23-8-4-5-12-27(23)24)19-26-11-7-14-36(26)30(38)16-25-17-32-21-33-25/h4-6,8-10,12,17,21-22,26,28H,7,11,13-16,18-20H2,1-3H3,(H,32,33)(H,34,37)/t26-,28?/m0/s1. The summed E-state index contributed by atoms with van der Waals surface area (Å²) in [5, 5.41) is 5.21. The van der Waals surface area contributed by atoms with Gasteiger partial charge >= 0.3 is 5.97 Å². The number of ether oxygens (including phenoxy) is 1. The number of hydrogen-bond acceptors (Lipinski definition) is 7. The lowest BCUT2D eigenvalue weighted by atomic mass is 10.0. The molecule has 2 N–H and O–H groups in total. The predicted octanol–water partition coefficient (Wildman–Crippen LogP) is 3.79. The molecule has 10 heteroatoms. The van der Waals surface area contributed by atoms with Gasteiger partial charge in [0.15, 0.2) is 0 Å². The number of likely N-dealkylation sites (tertiary alicyclic amines) is 1. The number of imidazole rings is 1. The van der Waals surface area contributed by atoms with Crippen molar-refractivity contribution in [1.29, 1.82) is 0 Å². The molecule has 9 nitrogen and oxygen atoms in total. The molecule has 1 aliphatic rings. The van der Waals surface area contributed by atoms with E-state index in [4.69, 9.17) is 4.74 Å². The molecule has 1 unspecified atom stereocenters. The van der Waals surface area contributed by atoms with E-state index in [9.17, 15) is 14.4 Å². The molecule has 0 spiro atoms. The zero-order valence-electron chi connectivity index (χ0n) is 24.2. The number of hydrogen-bond donors (Lipinski definition) is 2. The van der Waals surface area contributed by atoms with Gasteiger partial charge in [-0.25, -0.2) is 9.78 Å². The Morgan fingerprint density at radius 1 is 1.20 bits per heavy atom. The van der Waals surface area contributed by atoms with Crippen LogP contribution in [0.2, 0.25) is 0 Å². The van der Waals surface area contributed by atoms with Crippen molar-refractivity contribution in [3.05, 3.63) is 66.2 Å². The number of thioether (sulfide) groups is 1. The van der Waals surface area contributed by atoms with Crippen LogP contribution >= 0.6 is 11.8 Å². The lowest BCUT2D eigenvalue weighted by Crippen LogP contribution is -2.49. The number of fused-ring (bicyclic) bond motifs is 1. The maximum Gasteiger partial charge on any atom is 0.328 e. The summed E-state index contributed by atoms with van der Waals surface area (Å²) >= 11 is 1.62. The molecule has 4 rings (SSSR count). The van der Waals surface area contributed by atoms with Gasteiger partial charge in [0.25, 0.3) is 0 Å². The third-order valence-electron chi connectivity index (χ3n) is 7.28. The Morgan fingerprint density at radius 3 is 2.76 bits per heavy atom. The van der Waals surface area contributed by atoms with Crippen LogP contribution in [0.15, 0.2) is 55.0 Å². The van der Waals surface area contributed by atoms with E-state index in [1.807, 2.05) is 29.4 Å². The molecule has 1 fully saturated rings. The second kappa shape index (κ2) is 15.0. The molecule has 2 heterocycles. The first-order valence-electron chi connectivity index (χ1n) is 14.3. The molecule has 1 aromatic heterocycles. The fraction of sp³-hybridized carbons (Fsp3) is 0.484. The monoisotopic (exact) mass is 579 g/mol. The van der Waals surface area contributed by atoms with Gasteiger partial charge in [0.1, 0.15) is 6.04 Å². The molecule has 1 saturated heterocycles. The highest BCUT2D eigenvalue weighted by Gasteiger charge is 2.31. The maximum atomic E-state index is 13.4. The average molecular weight is 580 g/mol. The van der Waals surface area contributed by atoms with Crippen LogP contribution in [0.25, 0.3) is 10.8 Å². The third-order valence-corrected chi connectivity index (χ3v) is 7.92. The smallest absolute Gasteiger partial charge is 0.328 e. The van der Waals surface area contributed by atoms with Crippen molar-refractivity contribution in [3.8, 4) is 0 Å². The van der Waals surface area contributed by atoms with Gasteiger partial charge in [-0.1, -0.05) is 42.5 Å². The molecular weight excluding hydrogens is 538 g/mol. The Kier molecular flexibility index (Phi) is 11.2. The number of carbonyl (C=O) groups is 3. The highest BCUT2D eigenvalue weighted by molar-refractivity contribution is 7.98. The number of benzene rings is 2. The minimum Gasteiger partial charge on any atom is -0.461 e. The average Bonchev–Trinajstić information content (AvgIpc) is 3.63. The van der Waals surface area contributed by atoms with Crippen molar-refractivity contribution >= 4 is 40.3 Å². The lowest BCUT2D eigenvalue weighted by molar-refractivity contribution is -0.151. The first kappa shape index (κ1) is 30.6. The molecule has 0 aliphatic carbocycles. The normalized spacial score (nSPS) is 15.9. The highest BCUT2D eigenvalue weighted by Crippen LogP contribution is 2.23. The summed E-state index contributed by atoms with van der Waals surface area (Å²) < 4.78 is 5.42. The molecule has 1 aliphatic heterocycles. The number of carbonyl (C=O) groups excluding carboxylic acids is 3. The van der Waals surface area contributed by atoms with Crippen molar-refractivity contribution in [3.63, 3.8) is 0 Å². The Morgan fingerprint density at radius 2 is 2.00 bits per heavy atom. The SMILES string of the molecule is CSCCC(NC(=O)CN(Cc1cccc2ccccc12)C[C@@H]1CCCN1C(=O)Cc1c[nH]cn1)C(=O)OC(C)C. The van der Waals surface area contributed by atoms with Crippen LogP contribution < -0.4 is 5.32 Å². The summed E-state index contributed by atoms with van der Waals surface area (Å²) in [5.41, 5.74) is 1.83. The van der Waals surface area contributed by atoms with Crippen molar-refractivity contribution in [2.24, 2.45) is 0 Å². The molecule has 0 bridgehead atoms. The number of nitrogens with one attached hydrogen (secondary N) is 2. The third kappa shape index (κ3) is 8.81. The number of esters is 1. The zero-order valence-corrected chi connectivity index (χ0v) is 25.0. The van der Waals surface area contributed by atoms with Gasteiger partial charge in [-0.15, -0.1) is 0 Å². The number of amides is 2. The van der Waals surface area contributed by atoms with E-state index in [0.29, 0.717) is 26.1 Å². The first-order chi connectivity index (χ1) is 19.8. The molecule has 0 saturated carbocycles. The molecule has 2 aromatic carbocycles. The molecule has 220 valence electrons. The second-order valence-corrected chi connectivity index (χ2v) is 11.8. The van der Waals surface area contributed by atoms with Gasteiger partial charge in [0.2, 0.25) is 11.8 Å². The van der Waals surface area contributed by atoms with Gasteiger partial charge in [0.05, 0.1) is 31.1 Å². The summed E-state index contributed by atoms with van der Waals surface area (Å²) in [4.78, 5) is 50.5. The number of aromatic amines is 1. The minimum absolute atomic E-state index is 0.0117. The van der Waals surface area contributed by atoms with E-state index >= 15 is 0 Å². The van der Waals surface area contributed by atoms with Crippen LogP contribution in [0, 0.1) is 0 Å². The van der Waals surface area contributed by atoms with E-state index in [0.717, 1.165) is 40.6 Å².